The fourth-order valence-electron chi connectivity index (χ4n) is 1.61. The summed E-state index contributed by atoms with van der Waals surface area (Å²) in [6, 6.07) is 12.6. The van der Waals surface area contributed by atoms with Crippen LogP contribution in [0.25, 0.3) is 11.1 Å². The van der Waals surface area contributed by atoms with E-state index in [1.165, 1.54) is 16.0 Å². The van der Waals surface area contributed by atoms with E-state index in [2.05, 4.69) is 40.0 Å². The lowest BCUT2D eigenvalue weighted by Gasteiger charge is -2.05. The molecule has 16 heavy (non-hydrogen) atoms. The van der Waals surface area contributed by atoms with E-state index in [4.69, 9.17) is 0 Å². The normalized spacial score (nSPS) is 10.4. The van der Waals surface area contributed by atoms with Crippen LogP contribution in [0.2, 0.25) is 0 Å². The lowest BCUT2D eigenvalue weighted by Crippen LogP contribution is -1.90. The number of aromatic nitrogens is 1. The van der Waals surface area contributed by atoms with E-state index in [0.717, 1.165) is 5.69 Å². The molecule has 0 bridgehead atoms. The first-order valence-electron chi connectivity index (χ1n) is 5.17. The van der Waals surface area contributed by atoms with Crippen molar-refractivity contribution >= 4 is 11.9 Å². The van der Waals surface area contributed by atoms with Gasteiger partial charge in [0.2, 0.25) is 0 Å². The molecule has 0 radical (unpaired) electrons. The number of hydrogen-bond donors (Lipinski definition) is 1. The number of rotatable bonds is 3. The highest BCUT2D eigenvalue weighted by Crippen LogP contribution is 2.24. The van der Waals surface area contributed by atoms with Gasteiger partial charge in [0, 0.05) is 22.3 Å². The van der Waals surface area contributed by atoms with Crippen molar-refractivity contribution in [3.8, 4) is 11.1 Å². The van der Waals surface area contributed by atoms with Gasteiger partial charge in [0.25, 0.3) is 0 Å². The molecule has 1 heterocycles. The van der Waals surface area contributed by atoms with Crippen LogP contribution in [0.3, 0.4) is 0 Å². The monoisotopic (exact) mass is 230 g/mol. The molecule has 3 heteroatoms. The second-order valence-electron chi connectivity index (χ2n) is 3.47. The summed E-state index contributed by atoms with van der Waals surface area (Å²) in [5.41, 5.74) is 3.48. The van der Waals surface area contributed by atoms with Gasteiger partial charge in [-0.3, -0.25) is 9.71 Å². The van der Waals surface area contributed by atoms with Crippen LogP contribution >= 0.6 is 11.9 Å². The summed E-state index contributed by atoms with van der Waals surface area (Å²) in [4.78, 5) is 5.51. The van der Waals surface area contributed by atoms with E-state index >= 15 is 0 Å². The highest BCUT2D eigenvalue weighted by molar-refractivity contribution is 7.97. The highest BCUT2D eigenvalue weighted by atomic mass is 32.2. The van der Waals surface area contributed by atoms with E-state index in [0.29, 0.717) is 0 Å². The maximum absolute atomic E-state index is 4.30. The third kappa shape index (κ3) is 2.43. The molecule has 0 aliphatic carbocycles. The quantitative estimate of drug-likeness (QED) is 0.819. The molecule has 0 saturated carbocycles. The average Bonchev–Trinajstić information content (AvgIpc) is 2.31. The summed E-state index contributed by atoms with van der Waals surface area (Å²) in [5, 5.41) is 0. The first-order chi connectivity index (χ1) is 7.81. The van der Waals surface area contributed by atoms with Gasteiger partial charge in [0.15, 0.2) is 0 Å². The number of pyridine rings is 1. The molecule has 0 unspecified atom stereocenters. The van der Waals surface area contributed by atoms with Gasteiger partial charge < -0.3 is 0 Å². The Balaban J connectivity index is 2.31. The lowest BCUT2D eigenvalue weighted by atomic mass is 10.1. The van der Waals surface area contributed by atoms with Gasteiger partial charge >= 0.3 is 0 Å². The number of nitrogens with zero attached hydrogens (tertiary/aromatic N) is 1. The van der Waals surface area contributed by atoms with Crippen LogP contribution in [0, 0.1) is 6.92 Å². The number of hydrogen-bond acceptors (Lipinski definition) is 3. The van der Waals surface area contributed by atoms with Crippen LogP contribution in [-0.4, -0.2) is 12.0 Å². The zero-order valence-corrected chi connectivity index (χ0v) is 10.2. The average molecular weight is 230 g/mol. The minimum Gasteiger partial charge on any atom is -0.263 e. The first kappa shape index (κ1) is 11.2. The third-order valence-corrected chi connectivity index (χ3v) is 3.10. The standard InChI is InChI=1S/C13H14N2S/c1-10-13(4-3-9-15-10)11-5-7-12(8-6-11)16-14-2/h3-9,14H,1-2H3. The van der Waals surface area contributed by atoms with Gasteiger partial charge in [0.1, 0.15) is 0 Å². The summed E-state index contributed by atoms with van der Waals surface area (Å²) in [6.45, 7) is 2.03. The molecule has 82 valence electrons. The van der Waals surface area contributed by atoms with Crippen LogP contribution in [0.15, 0.2) is 47.5 Å². The molecule has 0 saturated heterocycles. The number of nitrogens with one attached hydrogen (secondary N) is 1. The number of benzene rings is 1. The zero-order valence-electron chi connectivity index (χ0n) is 9.40. The second-order valence-corrected chi connectivity index (χ2v) is 4.55. The van der Waals surface area contributed by atoms with E-state index in [9.17, 15) is 0 Å². The summed E-state index contributed by atoms with van der Waals surface area (Å²) < 4.78 is 3.06. The van der Waals surface area contributed by atoms with Crippen LogP contribution in [0.1, 0.15) is 5.69 Å². The van der Waals surface area contributed by atoms with E-state index in [-0.39, 0.29) is 0 Å². The minimum atomic E-state index is 1.07. The molecule has 0 amide bonds. The molecule has 2 rings (SSSR count). The van der Waals surface area contributed by atoms with Crippen LogP contribution in [0.4, 0.5) is 0 Å². The lowest BCUT2D eigenvalue weighted by molar-refractivity contribution is 1.20. The highest BCUT2D eigenvalue weighted by Gasteiger charge is 2.01. The fourth-order valence-corrected chi connectivity index (χ4v) is 2.12. The molecule has 0 spiro atoms. The van der Waals surface area contributed by atoms with Crippen molar-refractivity contribution in [1.82, 2.24) is 9.71 Å². The molecule has 0 aliphatic rings. The van der Waals surface area contributed by atoms with Crippen LogP contribution < -0.4 is 4.72 Å². The zero-order chi connectivity index (χ0) is 11.4. The van der Waals surface area contributed by atoms with Crippen molar-refractivity contribution in [2.45, 2.75) is 11.8 Å². The van der Waals surface area contributed by atoms with Crippen molar-refractivity contribution < 1.29 is 0 Å². The summed E-state index contributed by atoms with van der Waals surface area (Å²) in [5.74, 6) is 0. The Labute approximate surface area is 100 Å². The summed E-state index contributed by atoms with van der Waals surface area (Å²) in [6.07, 6.45) is 1.82. The molecule has 0 atom stereocenters. The van der Waals surface area contributed by atoms with Gasteiger partial charge in [-0.15, -0.1) is 0 Å². The molecule has 1 aromatic heterocycles. The Hall–Kier alpha value is -1.32. The minimum absolute atomic E-state index is 1.07. The first-order valence-corrected chi connectivity index (χ1v) is 5.98. The van der Waals surface area contributed by atoms with Crippen molar-refractivity contribution in [1.29, 1.82) is 0 Å². The Morgan fingerprint density at radius 3 is 2.50 bits per heavy atom. The molecule has 0 aliphatic heterocycles. The van der Waals surface area contributed by atoms with E-state index < -0.39 is 0 Å². The van der Waals surface area contributed by atoms with Crippen molar-refractivity contribution in [2.24, 2.45) is 0 Å². The van der Waals surface area contributed by atoms with E-state index in [1.54, 1.807) is 11.9 Å². The van der Waals surface area contributed by atoms with Crippen molar-refractivity contribution in [3.05, 3.63) is 48.3 Å². The molecule has 1 aromatic carbocycles. The Kier molecular flexibility index (Phi) is 3.59. The maximum Gasteiger partial charge on any atom is 0.0450 e. The van der Waals surface area contributed by atoms with Crippen LogP contribution in [0.5, 0.6) is 0 Å². The summed E-state index contributed by atoms with van der Waals surface area (Å²) >= 11 is 1.62. The predicted molar refractivity (Wildman–Crippen MR) is 69.3 cm³/mol. The SMILES string of the molecule is CNSc1ccc(-c2cccnc2C)cc1. The van der Waals surface area contributed by atoms with Crippen molar-refractivity contribution in [3.63, 3.8) is 0 Å². The molecule has 1 N–H and O–H groups in total. The molecular formula is C13H14N2S. The smallest absolute Gasteiger partial charge is 0.0450 e. The van der Waals surface area contributed by atoms with Gasteiger partial charge in [0.05, 0.1) is 0 Å². The topological polar surface area (TPSA) is 24.9 Å². The third-order valence-electron chi connectivity index (χ3n) is 2.39. The van der Waals surface area contributed by atoms with E-state index in [1.807, 2.05) is 26.2 Å². The Bertz CT molecular complexity index is 466. The van der Waals surface area contributed by atoms with Gasteiger partial charge in [-0.25, -0.2) is 0 Å². The second kappa shape index (κ2) is 5.14. The number of aryl methyl sites for hydroxylation is 1. The molecule has 2 nitrogen and oxygen atoms in total. The fraction of sp³-hybridized carbons (Fsp3) is 0.154. The Morgan fingerprint density at radius 1 is 1.12 bits per heavy atom. The summed E-state index contributed by atoms with van der Waals surface area (Å²) in [7, 11) is 1.92. The molecule has 0 fully saturated rings. The largest absolute Gasteiger partial charge is 0.263 e. The van der Waals surface area contributed by atoms with Gasteiger partial charge in [-0.1, -0.05) is 18.2 Å². The van der Waals surface area contributed by atoms with Crippen LogP contribution in [-0.2, 0) is 0 Å². The van der Waals surface area contributed by atoms with Crippen molar-refractivity contribution in [2.75, 3.05) is 7.05 Å². The Morgan fingerprint density at radius 2 is 1.88 bits per heavy atom. The molecule has 2 aromatic rings. The maximum atomic E-state index is 4.30. The molecular weight excluding hydrogens is 216 g/mol. The van der Waals surface area contributed by atoms with Gasteiger partial charge in [-0.2, -0.15) is 0 Å². The predicted octanol–water partition coefficient (Wildman–Crippen LogP) is 3.28. The van der Waals surface area contributed by atoms with Gasteiger partial charge in [-0.05, 0) is 49.7 Å².